The number of benzene rings is 2. The van der Waals surface area contributed by atoms with E-state index in [0.717, 1.165) is 0 Å². The molecule has 33 heavy (non-hydrogen) atoms. The monoisotopic (exact) mass is 474 g/mol. The van der Waals surface area contributed by atoms with Crippen LogP contribution in [0.1, 0.15) is 17.4 Å². The number of methoxy groups -OCH3 is 1. The number of carbonyl (C=O) groups excluding carboxylic acids is 2. The number of non-ortho nitro benzene ring substituents is 1. The fourth-order valence-corrected chi connectivity index (χ4v) is 2.94. The minimum absolute atomic E-state index is 0.0000110. The first-order valence-corrected chi connectivity index (χ1v) is 9.98. The number of anilines is 1. The van der Waals surface area contributed by atoms with Gasteiger partial charge in [-0.05, 0) is 37.3 Å². The average molecular weight is 475 g/mol. The van der Waals surface area contributed by atoms with Crippen LogP contribution < -0.4 is 14.8 Å². The number of aromatic nitrogens is 2. The predicted octanol–water partition coefficient (Wildman–Crippen LogP) is 3.64. The largest absolute Gasteiger partial charge is 0.495 e. The maximum Gasteiger partial charge on any atom is 0.362 e. The number of nitro groups is 1. The molecule has 1 N–H and O–H groups in total. The van der Waals surface area contributed by atoms with E-state index in [2.05, 4.69) is 10.4 Å². The van der Waals surface area contributed by atoms with Gasteiger partial charge in [-0.15, -0.1) is 0 Å². The molecular formula is C21H19ClN4O7. The SMILES string of the molecule is CCOC(=O)c1nn(-c2ccc([N+](=O)[O-])cc2)cc1OCC(=O)Nc1cc(Cl)ccc1OC. The molecule has 0 fully saturated rings. The predicted molar refractivity (Wildman–Crippen MR) is 118 cm³/mol. The standard InChI is InChI=1S/C21H19ClN4O7/c1-3-32-21(28)20-18(11-25(24-20)14-5-7-15(8-6-14)26(29)30)33-12-19(27)23-16-10-13(22)4-9-17(16)31-2/h4-11H,3,12H2,1-2H3,(H,23,27). The maximum atomic E-state index is 12.4. The zero-order chi connectivity index (χ0) is 24.0. The van der Waals surface area contributed by atoms with Gasteiger partial charge >= 0.3 is 5.97 Å². The van der Waals surface area contributed by atoms with E-state index < -0.39 is 23.4 Å². The van der Waals surface area contributed by atoms with E-state index >= 15 is 0 Å². The molecule has 0 radical (unpaired) electrons. The van der Waals surface area contributed by atoms with Crippen molar-refractivity contribution in [2.45, 2.75) is 6.92 Å². The van der Waals surface area contributed by atoms with Crippen LogP contribution in [0.15, 0.2) is 48.7 Å². The van der Waals surface area contributed by atoms with Gasteiger partial charge in [0.15, 0.2) is 12.4 Å². The molecule has 1 heterocycles. The Balaban J connectivity index is 1.79. The fourth-order valence-electron chi connectivity index (χ4n) is 2.77. The number of halogens is 1. The van der Waals surface area contributed by atoms with Gasteiger partial charge in [-0.1, -0.05) is 11.6 Å². The third-order valence-electron chi connectivity index (χ3n) is 4.27. The summed E-state index contributed by atoms with van der Waals surface area (Å²) in [6, 6.07) is 10.3. The Hall–Kier alpha value is -4.12. The van der Waals surface area contributed by atoms with Crippen molar-refractivity contribution in [3.63, 3.8) is 0 Å². The van der Waals surface area contributed by atoms with Crippen molar-refractivity contribution in [2.75, 3.05) is 25.6 Å². The Labute approximate surface area is 193 Å². The zero-order valence-corrected chi connectivity index (χ0v) is 18.4. The minimum Gasteiger partial charge on any atom is -0.495 e. The van der Waals surface area contributed by atoms with Crippen LogP contribution in [0.2, 0.25) is 5.02 Å². The number of carbonyl (C=O) groups is 2. The molecule has 0 saturated heterocycles. The molecule has 1 amide bonds. The van der Waals surface area contributed by atoms with Gasteiger partial charge in [0.2, 0.25) is 5.69 Å². The van der Waals surface area contributed by atoms with Crippen LogP contribution in [0.3, 0.4) is 0 Å². The van der Waals surface area contributed by atoms with Crippen LogP contribution in [0.25, 0.3) is 5.69 Å². The highest BCUT2D eigenvalue weighted by atomic mass is 35.5. The number of nitrogens with zero attached hydrogens (tertiary/aromatic N) is 3. The van der Waals surface area contributed by atoms with Gasteiger partial charge in [-0.25, -0.2) is 9.48 Å². The van der Waals surface area contributed by atoms with Gasteiger partial charge in [0.1, 0.15) is 5.75 Å². The van der Waals surface area contributed by atoms with Gasteiger partial charge in [-0.3, -0.25) is 14.9 Å². The molecule has 0 saturated carbocycles. The molecule has 0 bridgehead atoms. The van der Waals surface area contributed by atoms with Crippen molar-refractivity contribution in [2.24, 2.45) is 0 Å². The Morgan fingerprint density at radius 1 is 1.18 bits per heavy atom. The molecule has 2 aromatic carbocycles. The van der Waals surface area contributed by atoms with E-state index in [1.54, 1.807) is 19.1 Å². The molecule has 3 aromatic rings. The number of amides is 1. The fraction of sp³-hybridized carbons (Fsp3) is 0.190. The summed E-state index contributed by atoms with van der Waals surface area (Å²) in [6.07, 6.45) is 1.38. The van der Waals surface area contributed by atoms with E-state index in [1.807, 2.05) is 0 Å². The molecule has 3 rings (SSSR count). The molecule has 1 aromatic heterocycles. The third-order valence-corrected chi connectivity index (χ3v) is 4.50. The molecule has 0 aliphatic heterocycles. The molecule has 0 aliphatic carbocycles. The first-order valence-electron chi connectivity index (χ1n) is 9.60. The Morgan fingerprint density at radius 3 is 2.55 bits per heavy atom. The van der Waals surface area contributed by atoms with E-state index in [-0.39, 0.29) is 23.7 Å². The lowest BCUT2D eigenvalue weighted by molar-refractivity contribution is -0.384. The van der Waals surface area contributed by atoms with Crippen molar-refractivity contribution in [3.8, 4) is 17.2 Å². The zero-order valence-electron chi connectivity index (χ0n) is 17.6. The lowest BCUT2D eigenvalue weighted by Gasteiger charge is -2.11. The van der Waals surface area contributed by atoms with Gasteiger partial charge < -0.3 is 19.5 Å². The Bertz CT molecular complexity index is 1180. The van der Waals surface area contributed by atoms with Gasteiger partial charge in [0.05, 0.1) is 36.2 Å². The van der Waals surface area contributed by atoms with Crippen molar-refractivity contribution in [1.29, 1.82) is 0 Å². The number of ether oxygens (including phenoxy) is 3. The number of esters is 1. The topological polar surface area (TPSA) is 135 Å². The van der Waals surface area contributed by atoms with Crippen molar-refractivity contribution in [1.82, 2.24) is 9.78 Å². The van der Waals surface area contributed by atoms with Gasteiger partial charge in [0, 0.05) is 17.2 Å². The summed E-state index contributed by atoms with van der Waals surface area (Å²) in [6.45, 7) is 1.29. The number of nitrogens with one attached hydrogen (secondary N) is 1. The summed E-state index contributed by atoms with van der Waals surface area (Å²) in [5.41, 5.74) is 0.546. The van der Waals surface area contributed by atoms with Crippen LogP contribution >= 0.6 is 11.6 Å². The number of nitro benzene ring substituents is 1. The number of hydrogen-bond acceptors (Lipinski definition) is 8. The molecule has 0 aliphatic rings. The van der Waals surface area contributed by atoms with Crippen molar-refractivity contribution < 1.29 is 28.7 Å². The quantitative estimate of drug-likeness (QED) is 0.282. The second-order valence-corrected chi connectivity index (χ2v) is 6.90. The molecule has 11 nitrogen and oxygen atoms in total. The van der Waals surface area contributed by atoms with Crippen LogP contribution in [-0.4, -0.2) is 46.9 Å². The van der Waals surface area contributed by atoms with Crippen LogP contribution in [-0.2, 0) is 9.53 Å². The molecular weight excluding hydrogens is 456 g/mol. The normalized spacial score (nSPS) is 10.4. The summed E-state index contributed by atoms with van der Waals surface area (Å²) in [4.78, 5) is 35.0. The molecule has 0 unspecified atom stereocenters. The summed E-state index contributed by atoms with van der Waals surface area (Å²) in [5, 5.41) is 18.0. The lowest BCUT2D eigenvalue weighted by Crippen LogP contribution is -2.21. The van der Waals surface area contributed by atoms with Crippen LogP contribution in [0.5, 0.6) is 11.5 Å². The smallest absolute Gasteiger partial charge is 0.362 e. The molecule has 12 heteroatoms. The second kappa shape index (κ2) is 10.5. The number of hydrogen-bond donors (Lipinski definition) is 1. The number of rotatable bonds is 9. The summed E-state index contributed by atoms with van der Waals surface area (Å²) in [7, 11) is 1.45. The summed E-state index contributed by atoms with van der Waals surface area (Å²) < 4.78 is 17.0. The Kier molecular flexibility index (Phi) is 7.46. The first kappa shape index (κ1) is 23.5. The Morgan fingerprint density at radius 2 is 1.91 bits per heavy atom. The highest BCUT2D eigenvalue weighted by molar-refractivity contribution is 6.31. The van der Waals surface area contributed by atoms with Gasteiger partial charge in [-0.2, -0.15) is 5.10 Å². The summed E-state index contributed by atoms with van der Waals surface area (Å²) in [5.74, 6) is -0.871. The van der Waals surface area contributed by atoms with Gasteiger partial charge in [0.25, 0.3) is 11.6 Å². The highest BCUT2D eigenvalue weighted by Crippen LogP contribution is 2.28. The second-order valence-electron chi connectivity index (χ2n) is 6.46. The summed E-state index contributed by atoms with van der Waals surface area (Å²) >= 11 is 5.97. The maximum absolute atomic E-state index is 12.4. The highest BCUT2D eigenvalue weighted by Gasteiger charge is 2.21. The van der Waals surface area contributed by atoms with E-state index in [4.69, 9.17) is 25.8 Å². The molecule has 0 atom stereocenters. The van der Waals surface area contributed by atoms with E-state index in [9.17, 15) is 19.7 Å². The average Bonchev–Trinajstić information content (AvgIpc) is 3.22. The molecule has 172 valence electrons. The lowest BCUT2D eigenvalue weighted by atomic mass is 10.3. The van der Waals surface area contributed by atoms with Crippen molar-refractivity contribution in [3.05, 3.63) is 69.5 Å². The van der Waals surface area contributed by atoms with Crippen molar-refractivity contribution >= 4 is 34.9 Å². The third kappa shape index (κ3) is 5.77. The molecule has 0 spiro atoms. The van der Waals surface area contributed by atoms with Crippen LogP contribution in [0, 0.1) is 10.1 Å². The van der Waals surface area contributed by atoms with E-state index in [0.29, 0.717) is 22.1 Å². The van der Waals surface area contributed by atoms with E-state index in [1.165, 1.54) is 48.3 Å². The first-order chi connectivity index (χ1) is 15.8. The van der Waals surface area contributed by atoms with Crippen LogP contribution in [0.4, 0.5) is 11.4 Å². The minimum atomic E-state index is -0.745.